The molecule has 0 aromatic carbocycles. The molecule has 1 N–H and O–H groups in total. The van der Waals surface area contributed by atoms with Gasteiger partial charge in [-0.1, -0.05) is 32.8 Å². The van der Waals surface area contributed by atoms with Gasteiger partial charge in [0.15, 0.2) is 0 Å². The number of pyridine rings is 1. The lowest BCUT2D eigenvalue weighted by Gasteiger charge is -2.41. The van der Waals surface area contributed by atoms with Gasteiger partial charge >= 0.3 is 0 Å². The number of rotatable bonds is 5. The third-order valence-electron chi connectivity index (χ3n) is 5.35. The molecule has 0 bridgehead atoms. The van der Waals surface area contributed by atoms with Crippen LogP contribution in [-0.4, -0.2) is 25.1 Å². The minimum atomic E-state index is 0.366. The van der Waals surface area contributed by atoms with Gasteiger partial charge in [0, 0.05) is 25.3 Å². The fourth-order valence-electron chi connectivity index (χ4n) is 3.17. The number of anilines is 1. The third kappa shape index (κ3) is 3.14. The second-order valence-electron chi connectivity index (χ2n) is 6.15. The largest absolute Gasteiger partial charge is 0.357 e. The lowest BCUT2D eigenvalue weighted by atomic mass is 9.74. The molecule has 3 nitrogen and oxygen atoms in total. The molecule has 0 radical (unpaired) electrons. The summed E-state index contributed by atoms with van der Waals surface area (Å²) in [5.74, 6) is 1.14. The standard InChI is InChI=1S/C17H29N3/c1-5-17(6-2)9-11-20(12-10-17)16-8-7-15(13-19-16)14(3)18-4/h7-8,13-14,18H,5-6,9-12H2,1-4H3. The van der Waals surface area contributed by atoms with E-state index in [2.05, 4.69) is 48.1 Å². The quantitative estimate of drug-likeness (QED) is 0.886. The second kappa shape index (κ2) is 6.57. The van der Waals surface area contributed by atoms with Crippen molar-refractivity contribution in [2.75, 3.05) is 25.0 Å². The molecule has 1 aromatic heterocycles. The van der Waals surface area contributed by atoms with Crippen molar-refractivity contribution in [2.24, 2.45) is 5.41 Å². The van der Waals surface area contributed by atoms with Gasteiger partial charge in [0.1, 0.15) is 5.82 Å². The Kier molecular flexibility index (Phi) is 5.03. The van der Waals surface area contributed by atoms with Crippen molar-refractivity contribution < 1.29 is 0 Å². The van der Waals surface area contributed by atoms with E-state index in [1.54, 1.807) is 0 Å². The molecule has 2 heterocycles. The van der Waals surface area contributed by atoms with Gasteiger partial charge in [0.05, 0.1) is 0 Å². The van der Waals surface area contributed by atoms with E-state index in [0.717, 1.165) is 18.9 Å². The number of piperidine rings is 1. The fraction of sp³-hybridized carbons (Fsp3) is 0.706. The maximum Gasteiger partial charge on any atom is 0.128 e. The number of aromatic nitrogens is 1. The second-order valence-corrected chi connectivity index (χ2v) is 6.15. The normalized spacial score (nSPS) is 19.9. The summed E-state index contributed by atoms with van der Waals surface area (Å²) in [6.45, 7) is 9.14. The van der Waals surface area contributed by atoms with Crippen LogP contribution in [0.25, 0.3) is 0 Å². The van der Waals surface area contributed by atoms with Crippen LogP contribution < -0.4 is 10.2 Å². The van der Waals surface area contributed by atoms with Crippen molar-refractivity contribution in [2.45, 2.75) is 52.5 Å². The van der Waals surface area contributed by atoms with E-state index in [1.165, 1.54) is 31.2 Å². The molecule has 0 saturated carbocycles. The first-order valence-corrected chi connectivity index (χ1v) is 8.02. The van der Waals surface area contributed by atoms with E-state index in [9.17, 15) is 0 Å². The molecule has 112 valence electrons. The molecule has 1 aliphatic rings. The predicted molar refractivity (Wildman–Crippen MR) is 86.2 cm³/mol. The summed E-state index contributed by atoms with van der Waals surface area (Å²) in [5, 5.41) is 3.25. The Labute approximate surface area is 123 Å². The van der Waals surface area contributed by atoms with Gasteiger partial charge in [0.2, 0.25) is 0 Å². The average Bonchev–Trinajstić information content (AvgIpc) is 2.54. The predicted octanol–water partition coefficient (Wildman–Crippen LogP) is 3.77. The van der Waals surface area contributed by atoms with Gasteiger partial charge in [0.25, 0.3) is 0 Å². The van der Waals surface area contributed by atoms with Crippen LogP contribution in [0, 0.1) is 5.41 Å². The zero-order valence-corrected chi connectivity index (χ0v) is 13.4. The van der Waals surface area contributed by atoms with Gasteiger partial charge in [-0.2, -0.15) is 0 Å². The molecule has 0 amide bonds. The Morgan fingerprint density at radius 1 is 1.25 bits per heavy atom. The Bertz CT molecular complexity index is 399. The minimum absolute atomic E-state index is 0.366. The topological polar surface area (TPSA) is 28.2 Å². The molecule has 1 aliphatic heterocycles. The number of nitrogens with one attached hydrogen (secondary N) is 1. The average molecular weight is 275 g/mol. The van der Waals surface area contributed by atoms with Crippen LogP contribution >= 0.6 is 0 Å². The summed E-state index contributed by atoms with van der Waals surface area (Å²) in [6, 6.07) is 4.74. The smallest absolute Gasteiger partial charge is 0.128 e. The van der Waals surface area contributed by atoms with E-state index in [1.807, 2.05) is 13.2 Å². The Hall–Kier alpha value is -1.09. The summed E-state index contributed by atoms with van der Waals surface area (Å²) < 4.78 is 0. The fourth-order valence-corrected chi connectivity index (χ4v) is 3.17. The van der Waals surface area contributed by atoms with Crippen molar-refractivity contribution in [1.82, 2.24) is 10.3 Å². The third-order valence-corrected chi connectivity index (χ3v) is 5.35. The molecule has 1 saturated heterocycles. The Morgan fingerprint density at radius 3 is 2.35 bits per heavy atom. The lowest BCUT2D eigenvalue weighted by Crippen LogP contribution is -2.40. The summed E-state index contributed by atoms with van der Waals surface area (Å²) in [4.78, 5) is 7.10. The van der Waals surface area contributed by atoms with Crippen molar-refractivity contribution in [3.05, 3.63) is 23.9 Å². The molecular formula is C17H29N3. The number of nitrogens with zero attached hydrogens (tertiary/aromatic N) is 2. The monoisotopic (exact) mass is 275 g/mol. The highest BCUT2D eigenvalue weighted by Gasteiger charge is 2.31. The first-order chi connectivity index (χ1) is 9.64. The zero-order valence-electron chi connectivity index (χ0n) is 13.4. The molecule has 20 heavy (non-hydrogen) atoms. The van der Waals surface area contributed by atoms with Gasteiger partial charge in [-0.05, 0) is 43.9 Å². The first kappa shape index (κ1) is 15.3. The van der Waals surface area contributed by atoms with Crippen LogP contribution in [0.2, 0.25) is 0 Å². The highest BCUT2D eigenvalue weighted by Crippen LogP contribution is 2.38. The number of hydrogen-bond acceptors (Lipinski definition) is 3. The molecule has 1 aromatic rings. The lowest BCUT2D eigenvalue weighted by molar-refractivity contribution is 0.199. The molecular weight excluding hydrogens is 246 g/mol. The zero-order chi connectivity index (χ0) is 14.6. The summed E-state index contributed by atoms with van der Waals surface area (Å²) in [5.41, 5.74) is 1.83. The first-order valence-electron chi connectivity index (χ1n) is 8.02. The highest BCUT2D eigenvalue weighted by atomic mass is 15.2. The van der Waals surface area contributed by atoms with Gasteiger partial charge in [-0.15, -0.1) is 0 Å². The van der Waals surface area contributed by atoms with E-state index in [4.69, 9.17) is 0 Å². The van der Waals surface area contributed by atoms with E-state index in [0.29, 0.717) is 11.5 Å². The Morgan fingerprint density at radius 2 is 1.90 bits per heavy atom. The van der Waals surface area contributed by atoms with Crippen LogP contribution in [0.5, 0.6) is 0 Å². The van der Waals surface area contributed by atoms with Crippen molar-refractivity contribution in [3.63, 3.8) is 0 Å². The maximum atomic E-state index is 4.66. The maximum absolute atomic E-state index is 4.66. The van der Waals surface area contributed by atoms with Crippen LogP contribution in [0.4, 0.5) is 5.82 Å². The molecule has 1 atom stereocenters. The molecule has 2 rings (SSSR count). The summed E-state index contributed by atoms with van der Waals surface area (Å²) >= 11 is 0. The highest BCUT2D eigenvalue weighted by molar-refractivity contribution is 5.40. The molecule has 0 aliphatic carbocycles. The van der Waals surface area contributed by atoms with Crippen LogP contribution in [0.1, 0.15) is 58.1 Å². The SMILES string of the molecule is CCC1(CC)CCN(c2ccc(C(C)NC)cn2)CC1. The van der Waals surface area contributed by atoms with Gasteiger partial charge in [-0.25, -0.2) is 4.98 Å². The minimum Gasteiger partial charge on any atom is -0.357 e. The van der Waals surface area contributed by atoms with Crippen molar-refractivity contribution in [3.8, 4) is 0 Å². The van der Waals surface area contributed by atoms with Gasteiger partial charge < -0.3 is 10.2 Å². The van der Waals surface area contributed by atoms with E-state index in [-0.39, 0.29) is 0 Å². The molecule has 0 spiro atoms. The van der Waals surface area contributed by atoms with Crippen LogP contribution in [0.3, 0.4) is 0 Å². The van der Waals surface area contributed by atoms with Gasteiger partial charge in [-0.3, -0.25) is 0 Å². The van der Waals surface area contributed by atoms with E-state index >= 15 is 0 Å². The summed E-state index contributed by atoms with van der Waals surface area (Å²) in [7, 11) is 1.98. The van der Waals surface area contributed by atoms with Crippen molar-refractivity contribution >= 4 is 5.82 Å². The van der Waals surface area contributed by atoms with E-state index < -0.39 is 0 Å². The molecule has 1 unspecified atom stereocenters. The molecule has 3 heteroatoms. The summed E-state index contributed by atoms with van der Waals surface area (Å²) in [6.07, 6.45) is 7.23. The van der Waals surface area contributed by atoms with Crippen LogP contribution in [0.15, 0.2) is 18.3 Å². The van der Waals surface area contributed by atoms with Crippen molar-refractivity contribution in [1.29, 1.82) is 0 Å². The Balaban J connectivity index is 2.00. The van der Waals surface area contributed by atoms with Crippen LogP contribution in [-0.2, 0) is 0 Å². The molecule has 1 fully saturated rings. The number of hydrogen-bond donors (Lipinski definition) is 1.